The number of hydrogen-bond donors (Lipinski definition) is 0. The van der Waals surface area contributed by atoms with Gasteiger partial charge in [-0.2, -0.15) is 4.98 Å². The third-order valence-corrected chi connectivity index (χ3v) is 3.19. The largest absolute Gasteiger partial charge is 0.491 e. The molecule has 1 aromatic carbocycles. The Bertz CT molecular complexity index is 574. The van der Waals surface area contributed by atoms with Crippen molar-refractivity contribution in [3.05, 3.63) is 30.1 Å². The molecule has 1 fully saturated rings. The van der Waals surface area contributed by atoms with Gasteiger partial charge in [0.2, 0.25) is 0 Å². The van der Waals surface area contributed by atoms with Crippen LogP contribution in [0.25, 0.3) is 11.5 Å². The minimum Gasteiger partial charge on any atom is -0.491 e. The third kappa shape index (κ3) is 2.82. The monoisotopic (exact) mass is 274 g/mol. The lowest BCUT2D eigenvalue weighted by atomic mass is 10.1. The Kier molecular flexibility index (Phi) is 3.69. The summed E-state index contributed by atoms with van der Waals surface area (Å²) in [6, 6.07) is 7.71. The Morgan fingerprint density at radius 3 is 3.00 bits per heavy atom. The molecular formula is C15H18N2O3. The van der Waals surface area contributed by atoms with Crippen molar-refractivity contribution in [3.63, 3.8) is 0 Å². The van der Waals surface area contributed by atoms with Crippen molar-refractivity contribution in [2.75, 3.05) is 13.2 Å². The Morgan fingerprint density at radius 1 is 1.35 bits per heavy atom. The highest BCUT2D eigenvalue weighted by molar-refractivity contribution is 5.55. The highest BCUT2D eigenvalue weighted by Crippen LogP contribution is 2.27. The topological polar surface area (TPSA) is 57.4 Å². The SMILES string of the molecule is CC(C)Oc1cccc(-c2nc([C@H]3CCOC3)no2)c1. The van der Waals surface area contributed by atoms with Gasteiger partial charge in [-0.15, -0.1) is 0 Å². The lowest BCUT2D eigenvalue weighted by Crippen LogP contribution is -2.05. The average Bonchev–Trinajstić information content (AvgIpc) is 3.09. The van der Waals surface area contributed by atoms with Crippen molar-refractivity contribution < 1.29 is 14.0 Å². The minimum atomic E-state index is 0.138. The molecule has 20 heavy (non-hydrogen) atoms. The zero-order valence-electron chi connectivity index (χ0n) is 11.7. The van der Waals surface area contributed by atoms with Crippen LogP contribution < -0.4 is 4.74 Å². The second-order valence-electron chi connectivity index (χ2n) is 5.21. The predicted molar refractivity (Wildman–Crippen MR) is 73.7 cm³/mol. The average molecular weight is 274 g/mol. The minimum absolute atomic E-state index is 0.138. The summed E-state index contributed by atoms with van der Waals surface area (Å²) in [6.07, 6.45) is 1.09. The van der Waals surface area contributed by atoms with Gasteiger partial charge in [0, 0.05) is 18.1 Å². The molecule has 0 spiro atoms. The summed E-state index contributed by atoms with van der Waals surface area (Å²) >= 11 is 0. The van der Waals surface area contributed by atoms with E-state index in [9.17, 15) is 0 Å². The molecule has 5 nitrogen and oxygen atoms in total. The number of hydrogen-bond acceptors (Lipinski definition) is 5. The smallest absolute Gasteiger partial charge is 0.258 e. The van der Waals surface area contributed by atoms with Crippen LogP contribution in [-0.4, -0.2) is 29.5 Å². The van der Waals surface area contributed by atoms with Crippen LogP contribution >= 0.6 is 0 Å². The van der Waals surface area contributed by atoms with Gasteiger partial charge in [-0.05, 0) is 38.5 Å². The molecule has 2 aromatic rings. The molecule has 1 saturated heterocycles. The molecule has 1 aliphatic heterocycles. The van der Waals surface area contributed by atoms with Crippen molar-refractivity contribution in [2.45, 2.75) is 32.3 Å². The van der Waals surface area contributed by atoms with Crippen LogP contribution in [0, 0.1) is 0 Å². The summed E-state index contributed by atoms with van der Waals surface area (Å²) < 4.78 is 16.4. The molecule has 0 radical (unpaired) electrons. The summed E-state index contributed by atoms with van der Waals surface area (Å²) in [5.74, 6) is 2.32. The molecule has 5 heteroatoms. The summed E-state index contributed by atoms with van der Waals surface area (Å²) in [5.41, 5.74) is 0.876. The Hall–Kier alpha value is -1.88. The second-order valence-corrected chi connectivity index (χ2v) is 5.21. The molecule has 3 rings (SSSR count). The molecule has 0 saturated carbocycles. The molecule has 106 valence electrons. The van der Waals surface area contributed by atoms with Crippen LogP contribution in [0.1, 0.15) is 32.0 Å². The van der Waals surface area contributed by atoms with E-state index < -0.39 is 0 Å². The summed E-state index contributed by atoms with van der Waals surface area (Å²) in [6.45, 7) is 5.44. The predicted octanol–water partition coefficient (Wildman–Crippen LogP) is 3.03. The van der Waals surface area contributed by atoms with Crippen LogP contribution in [0.5, 0.6) is 5.75 Å². The van der Waals surface area contributed by atoms with E-state index in [1.807, 2.05) is 38.1 Å². The van der Waals surface area contributed by atoms with Crippen molar-refractivity contribution in [1.29, 1.82) is 0 Å². The molecule has 0 aliphatic carbocycles. The first-order valence-electron chi connectivity index (χ1n) is 6.91. The summed E-state index contributed by atoms with van der Waals surface area (Å²) in [4.78, 5) is 4.47. The summed E-state index contributed by atoms with van der Waals surface area (Å²) in [7, 11) is 0. The molecule has 1 atom stereocenters. The molecule has 0 amide bonds. The highest BCUT2D eigenvalue weighted by atomic mass is 16.5. The van der Waals surface area contributed by atoms with E-state index in [1.165, 1.54) is 0 Å². The molecule has 1 aromatic heterocycles. The lowest BCUT2D eigenvalue weighted by molar-refractivity contribution is 0.192. The van der Waals surface area contributed by atoms with E-state index in [2.05, 4.69) is 10.1 Å². The van der Waals surface area contributed by atoms with E-state index in [0.717, 1.165) is 30.2 Å². The molecular weight excluding hydrogens is 256 g/mol. The Labute approximate surface area is 117 Å². The summed E-state index contributed by atoms with van der Waals surface area (Å²) in [5, 5.41) is 4.06. The maximum absolute atomic E-state index is 5.67. The first-order valence-corrected chi connectivity index (χ1v) is 6.91. The van der Waals surface area contributed by atoms with E-state index in [0.29, 0.717) is 12.5 Å². The van der Waals surface area contributed by atoms with Gasteiger partial charge >= 0.3 is 0 Å². The molecule has 1 aliphatic rings. The number of ether oxygens (including phenoxy) is 2. The van der Waals surface area contributed by atoms with E-state index in [-0.39, 0.29) is 12.0 Å². The first kappa shape index (κ1) is 13.1. The maximum atomic E-state index is 5.67. The fourth-order valence-corrected chi connectivity index (χ4v) is 2.23. The van der Waals surface area contributed by atoms with E-state index >= 15 is 0 Å². The Balaban J connectivity index is 1.81. The first-order chi connectivity index (χ1) is 9.72. The van der Waals surface area contributed by atoms with E-state index in [4.69, 9.17) is 14.0 Å². The van der Waals surface area contributed by atoms with Crippen LogP contribution in [0.4, 0.5) is 0 Å². The van der Waals surface area contributed by atoms with Crippen LogP contribution in [0.15, 0.2) is 28.8 Å². The molecule has 2 heterocycles. The zero-order valence-corrected chi connectivity index (χ0v) is 11.7. The molecule has 0 N–H and O–H groups in total. The van der Waals surface area contributed by atoms with Gasteiger partial charge in [-0.25, -0.2) is 0 Å². The van der Waals surface area contributed by atoms with E-state index in [1.54, 1.807) is 0 Å². The van der Waals surface area contributed by atoms with Crippen molar-refractivity contribution in [1.82, 2.24) is 10.1 Å². The van der Waals surface area contributed by atoms with Crippen molar-refractivity contribution in [2.24, 2.45) is 0 Å². The zero-order chi connectivity index (χ0) is 13.9. The molecule has 0 unspecified atom stereocenters. The van der Waals surface area contributed by atoms with Gasteiger partial charge in [-0.3, -0.25) is 0 Å². The number of rotatable bonds is 4. The van der Waals surface area contributed by atoms with Gasteiger partial charge in [0.15, 0.2) is 5.82 Å². The number of nitrogens with zero attached hydrogens (tertiary/aromatic N) is 2. The molecule has 0 bridgehead atoms. The van der Waals surface area contributed by atoms with Crippen molar-refractivity contribution in [3.8, 4) is 17.2 Å². The highest BCUT2D eigenvalue weighted by Gasteiger charge is 2.23. The van der Waals surface area contributed by atoms with Gasteiger partial charge < -0.3 is 14.0 Å². The quantitative estimate of drug-likeness (QED) is 0.857. The second kappa shape index (κ2) is 5.63. The van der Waals surface area contributed by atoms with Gasteiger partial charge in [-0.1, -0.05) is 11.2 Å². The van der Waals surface area contributed by atoms with Crippen LogP contribution in [0.3, 0.4) is 0 Å². The van der Waals surface area contributed by atoms with Crippen LogP contribution in [0.2, 0.25) is 0 Å². The van der Waals surface area contributed by atoms with Gasteiger partial charge in [0.25, 0.3) is 5.89 Å². The number of benzene rings is 1. The fraction of sp³-hybridized carbons (Fsp3) is 0.467. The van der Waals surface area contributed by atoms with Gasteiger partial charge in [0.05, 0.1) is 12.7 Å². The Morgan fingerprint density at radius 2 is 2.25 bits per heavy atom. The standard InChI is InChI=1S/C15H18N2O3/c1-10(2)19-13-5-3-4-11(8-13)15-16-14(17-20-15)12-6-7-18-9-12/h3-5,8,10,12H,6-7,9H2,1-2H3/t12-/m0/s1. The van der Waals surface area contributed by atoms with Crippen LogP contribution in [-0.2, 0) is 4.74 Å². The fourth-order valence-electron chi connectivity index (χ4n) is 2.23. The maximum Gasteiger partial charge on any atom is 0.258 e. The number of aromatic nitrogens is 2. The lowest BCUT2D eigenvalue weighted by Gasteiger charge is -2.09. The normalized spacial score (nSPS) is 18.6. The third-order valence-electron chi connectivity index (χ3n) is 3.19. The van der Waals surface area contributed by atoms with Gasteiger partial charge in [0.1, 0.15) is 5.75 Å². The van der Waals surface area contributed by atoms with Crippen molar-refractivity contribution >= 4 is 0 Å².